The van der Waals surface area contributed by atoms with Crippen molar-refractivity contribution in [1.82, 2.24) is 19.9 Å². The fourth-order valence-electron chi connectivity index (χ4n) is 0.914. The van der Waals surface area contributed by atoms with E-state index in [1.807, 2.05) is 0 Å². The number of nitrogens with zero attached hydrogens (tertiary/aromatic N) is 4. The molecule has 0 aliphatic rings. The van der Waals surface area contributed by atoms with Crippen LogP contribution in [0.2, 0.25) is 0 Å². The number of hydrogen-bond donors (Lipinski definition) is 2. The number of hydrazine groups is 1. The van der Waals surface area contributed by atoms with Gasteiger partial charge in [0.1, 0.15) is 10.1 Å². The predicted octanol–water partition coefficient (Wildman–Crippen LogP) is 0.703. The summed E-state index contributed by atoms with van der Waals surface area (Å²) in [6.45, 7) is 0. The van der Waals surface area contributed by atoms with Gasteiger partial charge in [-0.25, -0.2) is 20.8 Å². The van der Waals surface area contributed by atoms with Crippen molar-refractivity contribution in [2.24, 2.45) is 5.84 Å². The highest BCUT2D eigenvalue weighted by Crippen LogP contribution is 2.22. The molecule has 76 valence electrons. The molecule has 2 aromatic rings. The molecule has 2 aromatic heterocycles. The molecule has 15 heavy (non-hydrogen) atoms. The van der Waals surface area contributed by atoms with Gasteiger partial charge < -0.3 is 0 Å². The Morgan fingerprint density at radius 3 is 2.80 bits per heavy atom. The summed E-state index contributed by atoms with van der Waals surface area (Å²) >= 11 is 1.40. The van der Waals surface area contributed by atoms with Crippen LogP contribution in [-0.4, -0.2) is 19.9 Å². The number of aromatic nitrogens is 4. The first kappa shape index (κ1) is 9.81. The van der Waals surface area contributed by atoms with Crippen LogP contribution in [0.15, 0.2) is 40.9 Å². The minimum Gasteiger partial charge on any atom is -0.292 e. The lowest BCUT2D eigenvalue weighted by molar-refractivity contribution is 1.01. The van der Waals surface area contributed by atoms with E-state index in [1.54, 1.807) is 30.9 Å². The summed E-state index contributed by atoms with van der Waals surface area (Å²) < 4.78 is 0. The van der Waals surface area contributed by atoms with E-state index in [0.29, 0.717) is 5.95 Å². The van der Waals surface area contributed by atoms with E-state index in [4.69, 9.17) is 5.84 Å². The quantitative estimate of drug-likeness (QED) is 0.447. The molecule has 0 radical (unpaired) electrons. The molecule has 0 spiro atoms. The van der Waals surface area contributed by atoms with Crippen molar-refractivity contribution in [2.45, 2.75) is 10.1 Å². The lowest BCUT2D eigenvalue weighted by Crippen LogP contribution is -2.10. The third-order valence-corrected chi connectivity index (χ3v) is 2.36. The molecular weight excluding hydrogens is 212 g/mol. The Kier molecular flexibility index (Phi) is 3.05. The Hall–Kier alpha value is -1.73. The van der Waals surface area contributed by atoms with Gasteiger partial charge in [0.05, 0.1) is 6.20 Å². The second-order valence-corrected chi connectivity index (χ2v) is 3.55. The van der Waals surface area contributed by atoms with Crippen LogP contribution in [0.5, 0.6) is 0 Å². The molecule has 0 atom stereocenters. The lowest BCUT2D eigenvalue weighted by atomic mass is 10.7. The van der Waals surface area contributed by atoms with Gasteiger partial charge in [-0.3, -0.25) is 10.4 Å². The summed E-state index contributed by atoms with van der Waals surface area (Å²) in [6, 6.07) is 1.78. The number of hydrogen-bond acceptors (Lipinski definition) is 7. The highest BCUT2D eigenvalue weighted by molar-refractivity contribution is 7.99. The third-order valence-electron chi connectivity index (χ3n) is 1.51. The molecule has 6 nitrogen and oxygen atoms in total. The number of nitrogen functional groups attached to an aromatic ring is 1. The molecular formula is C8H8N6S. The molecule has 0 unspecified atom stereocenters. The molecule has 0 fully saturated rings. The van der Waals surface area contributed by atoms with Gasteiger partial charge in [0.15, 0.2) is 0 Å². The molecule has 0 saturated heterocycles. The van der Waals surface area contributed by atoms with Crippen molar-refractivity contribution in [3.63, 3.8) is 0 Å². The average Bonchev–Trinajstić information content (AvgIpc) is 2.31. The van der Waals surface area contributed by atoms with Gasteiger partial charge in [0, 0.05) is 18.6 Å². The van der Waals surface area contributed by atoms with E-state index in [9.17, 15) is 0 Å². The van der Waals surface area contributed by atoms with Crippen LogP contribution in [0.25, 0.3) is 0 Å². The van der Waals surface area contributed by atoms with E-state index in [-0.39, 0.29) is 0 Å². The summed E-state index contributed by atoms with van der Waals surface area (Å²) in [5.74, 6) is 5.58. The maximum atomic E-state index is 5.20. The molecule has 0 amide bonds. The minimum absolute atomic E-state index is 0.379. The molecule has 2 heterocycles. The number of nitrogens with one attached hydrogen (secondary N) is 1. The van der Waals surface area contributed by atoms with Gasteiger partial charge in [-0.05, 0) is 17.8 Å². The first-order valence-corrected chi connectivity index (χ1v) is 4.93. The van der Waals surface area contributed by atoms with Crippen LogP contribution >= 0.6 is 11.8 Å². The monoisotopic (exact) mass is 220 g/mol. The zero-order valence-electron chi connectivity index (χ0n) is 7.66. The molecule has 0 bridgehead atoms. The van der Waals surface area contributed by atoms with E-state index in [1.165, 1.54) is 11.8 Å². The number of rotatable bonds is 3. The summed E-state index contributed by atoms with van der Waals surface area (Å²) in [5.41, 5.74) is 2.38. The Labute approximate surface area is 90.4 Å². The van der Waals surface area contributed by atoms with E-state index < -0.39 is 0 Å². The maximum absolute atomic E-state index is 5.20. The van der Waals surface area contributed by atoms with Gasteiger partial charge >= 0.3 is 0 Å². The van der Waals surface area contributed by atoms with E-state index in [2.05, 4.69) is 25.4 Å². The molecule has 0 aliphatic carbocycles. The summed E-state index contributed by atoms with van der Waals surface area (Å²) in [4.78, 5) is 16.1. The topological polar surface area (TPSA) is 89.6 Å². The highest BCUT2D eigenvalue weighted by atomic mass is 32.2. The van der Waals surface area contributed by atoms with Crippen LogP contribution in [0, 0.1) is 0 Å². The number of nitrogens with two attached hydrogens (primary N) is 1. The normalized spacial score (nSPS) is 9.93. The average molecular weight is 220 g/mol. The maximum Gasteiger partial charge on any atom is 0.238 e. The molecule has 3 N–H and O–H groups in total. The molecule has 7 heteroatoms. The van der Waals surface area contributed by atoms with Gasteiger partial charge in [-0.15, -0.1) is 0 Å². The third kappa shape index (κ3) is 2.61. The van der Waals surface area contributed by atoms with Crippen molar-refractivity contribution < 1.29 is 0 Å². The minimum atomic E-state index is 0.379. The smallest absolute Gasteiger partial charge is 0.238 e. The van der Waals surface area contributed by atoms with Crippen molar-refractivity contribution in [2.75, 3.05) is 5.43 Å². The molecule has 0 saturated carbocycles. The number of anilines is 1. The van der Waals surface area contributed by atoms with Crippen LogP contribution in [0.1, 0.15) is 0 Å². The van der Waals surface area contributed by atoms with Crippen LogP contribution < -0.4 is 11.3 Å². The van der Waals surface area contributed by atoms with Crippen molar-refractivity contribution in [3.05, 3.63) is 30.9 Å². The van der Waals surface area contributed by atoms with Crippen LogP contribution in [0.3, 0.4) is 0 Å². The zero-order valence-corrected chi connectivity index (χ0v) is 8.48. The fourth-order valence-corrected chi connectivity index (χ4v) is 1.62. The first-order valence-electron chi connectivity index (χ1n) is 4.12. The van der Waals surface area contributed by atoms with Crippen LogP contribution in [-0.2, 0) is 0 Å². The SMILES string of the molecule is NNc1nccc(Sc2cnccn2)n1. The Balaban J connectivity index is 2.17. The summed E-state index contributed by atoms with van der Waals surface area (Å²) in [5, 5.41) is 1.54. The van der Waals surface area contributed by atoms with Gasteiger partial charge in [-0.2, -0.15) is 0 Å². The second-order valence-electron chi connectivity index (χ2n) is 2.51. The zero-order chi connectivity index (χ0) is 10.5. The molecule has 0 aliphatic heterocycles. The summed E-state index contributed by atoms with van der Waals surface area (Å²) in [7, 11) is 0. The Bertz CT molecular complexity index is 434. The second kappa shape index (κ2) is 4.67. The predicted molar refractivity (Wildman–Crippen MR) is 56.0 cm³/mol. The van der Waals surface area contributed by atoms with Crippen LogP contribution in [0.4, 0.5) is 5.95 Å². The molecule has 2 rings (SSSR count). The highest BCUT2D eigenvalue weighted by Gasteiger charge is 2.01. The van der Waals surface area contributed by atoms with Gasteiger partial charge in [0.2, 0.25) is 5.95 Å². The Morgan fingerprint density at radius 1 is 1.13 bits per heavy atom. The van der Waals surface area contributed by atoms with E-state index >= 15 is 0 Å². The largest absolute Gasteiger partial charge is 0.292 e. The standard InChI is InChI=1S/C8H8N6S/c9-14-8-12-2-1-6(13-8)15-7-5-10-3-4-11-7/h1-5H,9H2,(H,12,13,14). The molecule has 0 aromatic carbocycles. The van der Waals surface area contributed by atoms with Crippen molar-refractivity contribution >= 4 is 17.7 Å². The Morgan fingerprint density at radius 2 is 2.07 bits per heavy atom. The van der Waals surface area contributed by atoms with Gasteiger partial charge in [-0.1, -0.05) is 0 Å². The fraction of sp³-hybridized carbons (Fsp3) is 0. The summed E-state index contributed by atoms with van der Waals surface area (Å²) in [6.07, 6.45) is 6.55. The lowest BCUT2D eigenvalue weighted by Gasteiger charge is -2.01. The van der Waals surface area contributed by atoms with Gasteiger partial charge in [0.25, 0.3) is 0 Å². The van der Waals surface area contributed by atoms with Crippen molar-refractivity contribution in [1.29, 1.82) is 0 Å². The first-order chi connectivity index (χ1) is 7.38. The van der Waals surface area contributed by atoms with E-state index in [0.717, 1.165) is 10.1 Å². The van der Waals surface area contributed by atoms with Crippen molar-refractivity contribution in [3.8, 4) is 0 Å².